The van der Waals surface area contributed by atoms with Crippen molar-refractivity contribution in [3.8, 4) is 34.9 Å². The topological polar surface area (TPSA) is 53.5 Å². The molecule has 4 aromatic rings. The highest BCUT2D eigenvalue weighted by atomic mass is 19.4. The molecule has 0 spiro atoms. The fourth-order valence-electron chi connectivity index (χ4n) is 4.18. The molecule has 3 heterocycles. The van der Waals surface area contributed by atoms with Crippen molar-refractivity contribution in [1.29, 1.82) is 0 Å². The van der Waals surface area contributed by atoms with Crippen molar-refractivity contribution in [2.24, 2.45) is 0 Å². The lowest BCUT2D eigenvalue weighted by molar-refractivity contribution is -0.143. The van der Waals surface area contributed by atoms with Crippen LogP contribution in [0, 0.1) is 23.3 Å². The first-order valence-electron chi connectivity index (χ1n) is 11.7. The van der Waals surface area contributed by atoms with Crippen LogP contribution < -0.4 is 14.2 Å². The normalized spacial score (nSPS) is 14.5. The minimum Gasteiger partial charge on any atom is -0.436 e. The summed E-state index contributed by atoms with van der Waals surface area (Å²) in [5, 5.41) is 0. The number of ether oxygens (including phenoxy) is 3. The molecule has 15 heteroatoms. The zero-order valence-corrected chi connectivity index (χ0v) is 21.0. The molecule has 0 saturated heterocycles. The first-order chi connectivity index (χ1) is 19.5. The third-order valence-electron chi connectivity index (χ3n) is 6.25. The predicted molar refractivity (Wildman–Crippen MR) is 124 cm³/mol. The fraction of sp³-hybridized carbons (Fsp3) is 0.185. The zero-order valence-electron chi connectivity index (χ0n) is 21.0. The van der Waals surface area contributed by atoms with E-state index in [1.54, 1.807) is 0 Å². The highest BCUT2D eigenvalue weighted by molar-refractivity contribution is 5.49. The van der Waals surface area contributed by atoms with Crippen LogP contribution in [0.4, 0.5) is 43.9 Å². The number of rotatable bonds is 0. The van der Waals surface area contributed by atoms with E-state index < -0.39 is 92.6 Å². The summed E-state index contributed by atoms with van der Waals surface area (Å²) in [6.45, 7) is 2.43. The first kappa shape index (κ1) is 29.0. The monoisotopic (exact) mass is 604 g/mol. The molecule has 42 heavy (non-hydrogen) atoms. The van der Waals surface area contributed by atoms with Gasteiger partial charge in [0.2, 0.25) is 17.6 Å². The number of hydrogen-bond donors (Lipinski definition) is 0. The maximum atomic E-state index is 15.4. The van der Waals surface area contributed by atoms with Crippen molar-refractivity contribution in [2.45, 2.75) is 31.6 Å². The second-order valence-electron chi connectivity index (χ2n) is 9.40. The third kappa shape index (κ3) is 5.03. The average molecular weight is 604 g/mol. The summed E-state index contributed by atoms with van der Waals surface area (Å²) in [6.07, 6.45) is -11.1. The van der Waals surface area contributed by atoms with E-state index in [4.69, 9.17) is 14.2 Å². The SMILES string of the molecule is CC1(C)c2cccc(n2)Oc2cc(c(F)c(C(F)(F)F)c2F)Oc2cccc(n2)Oc2cc1c(F)c(C(F)(F)F)c2F. The molecule has 0 radical (unpaired) electrons. The van der Waals surface area contributed by atoms with Crippen LogP contribution in [0.5, 0.6) is 34.9 Å². The van der Waals surface area contributed by atoms with E-state index in [2.05, 4.69) is 9.97 Å². The van der Waals surface area contributed by atoms with Gasteiger partial charge in [-0.15, -0.1) is 0 Å². The Bertz CT molecular complexity index is 1720. The Morgan fingerprint density at radius 1 is 0.571 bits per heavy atom. The summed E-state index contributed by atoms with van der Waals surface area (Å²) in [6, 6.07) is 7.61. The Labute approximate surface area is 229 Å². The Morgan fingerprint density at radius 3 is 1.45 bits per heavy atom. The van der Waals surface area contributed by atoms with Gasteiger partial charge in [-0.25, -0.2) is 22.5 Å². The van der Waals surface area contributed by atoms with Crippen molar-refractivity contribution in [3.05, 3.63) is 94.2 Å². The smallest absolute Gasteiger partial charge is 0.422 e. The second-order valence-corrected chi connectivity index (χ2v) is 9.40. The maximum absolute atomic E-state index is 15.4. The highest BCUT2D eigenvalue weighted by Crippen LogP contribution is 2.46. The van der Waals surface area contributed by atoms with Gasteiger partial charge in [-0.2, -0.15) is 31.3 Å². The number of benzene rings is 2. The molecular formula is C27H14F10N2O3. The van der Waals surface area contributed by atoms with Gasteiger partial charge in [-0.1, -0.05) is 26.0 Å². The Hall–Kier alpha value is -4.56. The third-order valence-corrected chi connectivity index (χ3v) is 6.25. The lowest BCUT2D eigenvalue weighted by Crippen LogP contribution is -2.25. The standard InChI is InChI=1S/C27H14F10N2O3/c1-25(2)11-9-12(22(29)19(21(11)28)26(32,33)34)40-17-7-4-8-18(39-17)42-14-10-13(41-16-6-3-5-15(25)38-16)23(30)20(24(14)31)27(35,36)37/h3-10H,1-2H3. The Kier molecular flexibility index (Phi) is 6.74. The number of nitrogens with zero attached hydrogens (tertiary/aromatic N) is 2. The van der Waals surface area contributed by atoms with Crippen molar-refractivity contribution < 1.29 is 58.1 Å². The molecule has 2 aromatic carbocycles. The summed E-state index contributed by atoms with van der Waals surface area (Å²) in [5.41, 5.74) is -7.42. The van der Waals surface area contributed by atoms with Gasteiger partial charge in [0.15, 0.2) is 34.7 Å². The Morgan fingerprint density at radius 2 is 0.976 bits per heavy atom. The number of aromatic nitrogens is 2. The zero-order chi connectivity index (χ0) is 30.8. The van der Waals surface area contributed by atoms with E-state index in [1.807, 2.05) is 0 Å². The van der Waals surface area contributed by atoms with Crippen LogP contribution in [-0.2, 0) is 17.8 Å². The number of alkyl halides is 6. The molecule has 0 atom stereocenters. The molecule has 0 saturated carbocycles. The summed E-state index contributed by atoms with van der Waals surface area (Å²) in [4.78, 5) is 7.69. The van der Waals surface area contributed by atoms with Crippen molar-refractivity contribution >= 4 is 0 Å². The molecule has 0 N–H and O–H groups in total. The van der Waals surface area contributed by atoms with Crippen LogP contribution in [0.2, 0.25) is 0 Å². The van der Waals surface area contributed by atoms with E-state index in [1.165, 1.54) is 26.0 Å². The van der Waals surface area contributed by atoms with Gasteiger partial charge in [-0.05, 0) is 12.1 Å². The van der Waals surface area contributed by atoms with Crippen molar-refractivity contribution in [1.82, 2.24) is 9.97 Å². The summed E-state index contributed by atoms with van der Waals surface area (Å²) in [5.74, 6) is -13.9. The second kappa shape index (κ2) is 9.77. The fourth-order valence-corrected chi connectivity index (χ4v) is 4.18. The molecular weight excluding hydrogens is 590 g/mol. The number of fused-ring (bicyclic) bond motifs is 8. The van der Waals surface area contributed by atoms with Gasteiger partial charge in [0.05, 0.1) is 5.69 Å². The molecule has 220 valence electrons. The first-order valence-corrected chi connectivity index (χ1v) is 11.7. The van der Waals surface area contributed by atoms with E-state index in [0.29, 0.717) is 12.1 Å². The molecule has 5 rings (SSSR count). The van der Waals surface area contributed by atoms with Gasteiger partial charge in [-0.3, -0.25) is 0 Å². The van der Waals surface area contributed by atoms with Crippen molar-refractivity contribution in [2.75, 3.05) is 0 Å². The molecule has 1 aliphatic heterocycles. The van der Waals surface area contributed by atoms with E-state index >= 15 is 8.78 Å². The maximum Gasteiger partial charge on any atom is 0.422 e. The minimum absolute atomic E-state index is 0.230. The molecule has 5 nitrogen and oxygen atoms in total. The van der Waals surface area contributed by atoms with Gasteiger partial charge in [0.25, 0.3) is 0 Å². The van der Waals surface area contributed by atoms with Crippen LogP contribution in [0.25, 0.3) is 0 Å². The molecule has 0 fully saturated rings. The Balaban J connectivity index is 1.82. The number of hydrogen-bond acceptors (Lipinski definition) is 5. The minimum atomic E-state index is -5.56. The summed E-state index contributed by atoms with van der Waals surface area (Å²) in [7, 11) is 0. The highest BCUT2D eigenvalue weighted by Gasteiger charge is 2.44. The molecule has 0 aliphatic carbocycles. The number of pyridine rings is 2. The molecule has 2 aromatic heterocycles. The lowest BCUT2D eigenvalue weighted by atomic mass is 9.79. The van der Waals surface area contributed by atoms with Crippen LogP contribution in [0.1, 0.15) is 36.2 Å². The van der Waals surface area contributed by atoms with Crippen LogP contribution in [-0.4, -0.2) is 9.97 Å². The number of halogens is 10. The van der Waals surface area contributed by atoms with Gasteiger partial charge >= 0.3 is 12.4 Å². The molecule has 0 unspecified atom stereocenters. The summed E-state index contributed by atoms with van der Waals surface area (Å²) >= 11 is 0. The predicted octanol–water partition coefficient (Wildman–Crippen LogP) is 9.09. The van der Waals surface area contributed by atoms with Crippen molar-refractivity contribution in [3.63, 3.8) is 0 Å². The largest absolute Gasteiger partial charge is 0.436 e. The van der Waals surface area contributed by atoms with Crippen LogP contribution in [0.3, 0.4) is 0 Å². The van der Waals surface area contributed by atoms with Crippen LogP contribution in [0.15, 0.2) is 48.5 Å². The van der Waals surface area contributed by atoms with Crippen LogP contribution >= 0.6 is 0 Å². The molecule has 0 amide bonds. The van der Waals surface area contributed by atoms with Gasteiger partial charge in [0.1, 0.15) is 16.9 Å². The quantitative estimate of drug-likeness (QED) is 0.188. The lowest BCUT2D eigenvalue weighted by Gasteiger charge is -2.28. The van der Waals surface area contributed by atoms with Gasteiger partial charge in [0, 0.05) is 35.2 Å². The van der Waals surface area contributed by atoms with E-state index in [0.717, 1.165) is 24.3 Å². The van der Waals surface area contributed by atoms with E-state index in [9.17, 15) is 35.1 Å². The molecule has 8 bridgehead atoms. The summed E-state index contributed by atoms with van der Waals surface area (Å²) < 4.78 is 158. The average Bonchev–Trinajstić information content (AvgIpc) is 2.87. The molecule has 1 aliphatic rings. The van der Waals surface area contributed by atoms with Gasteiger partial charge < -0.3 is 14.2 Å². The van der Waals surface area contributed by atoms with E-state index in [-0.39, 0.29) is 5.69 Å².